The van der Waals surface area contributed by atoms with Gasteiger partial charge in [-0.05, 0) is 72.9 Å². The number of para-hydroxylation sites is 1. The van der Waals surface area contributed by atoms with Crippen molar-refractivity contribution in [3.63, 3.8) is 0 Å². The van der Waals surface area contributed by atoms with Crippen LogP contribution in [-0.4, -0.2) is 54.8 Å². The molecule has 1 fully saturated rings. The smallest absolute Gasteiger partial charge is 0.243 e. The lowest BCUT2D eigenvalue weighted by Crippen LogP contribution is -2.44. The molecule has 0 atom stereocenters. The van der Waals surface area contributed by atoms with Crippen LogP contribution < -0.4 is 4.74 Å². The fourth-order valence-corrected chi connectivity index (χ4v) is 6.59. The molecule has 7 nitrogen and oxygen atoms in total. The number of hydrogen-bond acceptors (Lipinski definition) is 4. The number of H-pyrrole nitrogens is 1. The van der Waals surface area contributed by atoms with Crippen molar-refractivity contribution in [2.75, 3.05) is 20.2 Å². The molecular weight excluding hydrogens is 557 g/mol. The van der Waals surface area contributed by atoms with Crippen LogP contribution in [-0.2, 0) is 27.8 Å². The third-order valence-electron chi connectivity index (χ3n) is 6.95. The molecule has 1 amide bonds. The summed E-state index contributed by atoms with van der Waals surface area (Å²) in [7, 11) is -2.35. The van der Waals surface area contributed by atoms with Crippen molar-refractivity contribution in [3.05, 3.63) is 94.1 Å². The molecule has 10 heteroatoms. The minimum absolute atomic E-state index is 0.137. The number of carbonyl (C=O) groups excluding carboxylic acids is 1. The molecule has 1 aromatic heterocycles. The minimum Gasteiger partial charge on any atom is -0.497 e. The van der Waals surface area contributed by atoms with Gasteiger partial charge in [-0.3, -0.25) is 4.79 Å². The highest BCUT2D eigenvalue weighted by Crippen LogP contribution is 2.33. The molecule has 0 saturated heterocycles. The van der Waals surface area contributed by atoms with Crippen LogP contribution in [0.4, 0.5) is 0 Å². The molecule has 39 heavy (non-hydrogen) atoms. The van der Waals surface area contributed by atoms with Crippen LogP contribution in [0.1, 0.15) is 24.0 Å². The number of halogens is 2. The summed E-state index contributed by atoms with van der Waals surface area (Å²) in [6.07, 6.45) is 4.01. The number of benzene rings is 3. The van der Waals surface area contributed by atoms with Crippen molar-refractivity contribution in [1.82, 2.24) is 14.2 Å². The molecule has 3 aromatic carbocycles. The largest absolute Gasteiger partial charge is 0.497 e. The van der Waals surface area contributed by atoms with Crippen molar-refractivity contribution in [3.8, 4) is 5.75 Å². The number of carbonyl (C=O) groups is 1. The van der Waals surface area contributed by atoms with E-state index >= 15 is 0 Å². The second-order valence-electron chi connectivity index (χ2n) is 9.63. The molecule has 0 bridgehead atoms. The molecule has 1 heterocycles. The highest BCUT2D eigenvalue weighted by Gasteiger charge is 2.40. The summed E-state index contributed by atoms with van der Waals surface area (Å²) >= 11 is 12.4. The quantitative estimate of drug-likeness (QED) is 0.237. The van der Waals surface area contributed by atoms with Gasteiger partial charge in [0.1, 0.15) is 5.75 Å². The first-order valence-electron chi connectivity index (χ1n) is 12.7. The SMILES string of the molecule is COc1ccc(S(=O)(=O)N(CC(=O)N(CCc2c[nH]c3ccccc23)Cc2ccc(Cl)c(Cl)c2)C2CC2)cc1. The highest BCUT2D eigenvalue weighted by atomic mass is 35.5. The van der Waals surface area contributed by atoms with Crippen molar-refractivity contribution in [2.45, 2.75) is 36.7 Å². The van der Waals surface area contributed by atoms with Gasteiger partial charge >= 0.3 is 0 Å². The summed E-state index contributed by atoms with van der Waals surface area (Å²) in [6.45, 7) is 0.440. The third kappa shape index (κ3) is 6.25. The van der Waals surface area contributed by atoms with Crippen LogP contribution in [0.15, 0.2) is 77.8 Å². The van der Waals surface area contributed by atoms with Gasteiger partial charge < -0.3 is 14.6 Å². The summed E-state index contributed by atoms with van der Waals surface area (Å²) in [5.41, 5.74) is 2.93. The molecule has 204 valence electrons. The second kappa shape index (κ2) is 11.6. The van der Waals surface area contributed by atoms with Crippen LogP contribution in [0, 0.1) is 0 Å². The van der Waals surface area contributed by atoms with Gasteiger partial charge in [0.15, 0.2) is 0 Å². The molecule has 4 aromatic rings. The topological polar surface area (TPSA) is 82.7 Å². The van der Waals surface area contributed by atoms with Gasteiger partial charge in [0.05, 0.1) is 28.6 Å². The maximum atomic E-state index is 13.8. The van der Waals surface area contributed by atoms with E-state index in [0.29, 0.717) is 28.8 Å². The first kappa shape index (κ1) is 27.5. The van der Waals surface area contributed by atoms with Gasteiger partial charge in [-0.1, -0.05) is 47.5 Å². The van der Waals surface area contributed by atoms with E-state index in [4.69, 9.17) is 27.9 Å². The molecule has 1 saturated carbocycles. The molecule has 0 radical (unpaired) electrons. The van der Waals surface area contributed by atoms with E-state index in [0.717, 1.165) is 34.9 Å². The third-order valence-corrected chi connectivity index (χ3v) is 9.60. The van der Waals surface area contributed by atoms with Gasteiger partial charge in [0.2, 0.25) is 15.9 Å². The fraction of sp³-hybridized carbons (Fsp3) is 0.276. The lowest BCUT2D eigenvalue weighted by atomic mass is 10.1. The Kier molecular flexibility index (Phi) is 8.19. The first-order valence-corrected chi connectivity index (χ1v) is 14.9. The zero-order chi connectivity index (χ0) is 27.6. The Labute approximate surface area is 238 Å². The monoisotopic (exact) mass is 585 g/mol. The van der Waals surface area contributed by atoms with Crippen molar-refractivity contribution >= 4 is 50.0 Å². The summed E-state index contributed by atoms with van der Waals surface area (Å²) in [6, 6.07) is 19.3. The van der Waals surface area contributed by atoms with Crippen molar-refractivity contribution < 1.29 is 17.9 Å². The summed E-state index contributed by atoms with van der Waals surface area (Å²) in [4.78, 5) is 18.9. The van der Waals surface area contributed by atoms with E-state index in [1.807, 2.05) is 36.5 Å². The first-order chi connectivity index (χ1) is 18.8. The van der Waals surface area contributed by atoms with Crippen LogP contribution >= 0.6 is 23.2 Å². The number of nitrogens with one attached hydrogen (secondary N) is 1. The van der Waals surface area contributed by atoms with E-state index in [-0.39, 0.29) is 29.9 Å². The van der Waals surface area contributed by atoms with Crippen LogP contribution in [0.3, 0.4) is 0 Å². The molecule has 1 N–H and O–H groups in total. The van der Waals surface area contributed by atoms with E-state index < -0.39 is 10.0 Å². The number of rotatable bonds is 11. The number of hydrogen-bond donors (Lipinski definition) is 1. The number of methoxy groups -OCH3 is 1. The number of amides is 1. The van der Waals surface area contributed by atoms with Gasteiger partial charge in [-0.15, -0.1) is 0 Å². The Morgan fingerprint density at radius 2 is 1.77 bits per heavy atom. The number of sulfonamides is 1. The standard InChI is InChI=1S/C29H29Cl2N3O4S/c1-38-23-9-11-24(12-10-23)39(36,37)34(22-7-8-22)19-29(35)33(18-20-6-13-26(30)27(31)16-20)15-14-21-17-32-28-5-3-2-4-25(21)28/h2-6,9-13,16-17,22,32H,7-8,14-15,18-19H2,1H3. The Balaban J connectivity index is 1.39. The number of nitrogens with zero attached hydrogens (tertiary/aromatic N) is 2. The molecule has 0 spiro atoms. The predicted molar refractivity (Wildman–Crippen MR) is 154 cm³/mol. The molecular formula is C29H29Cl2N3O4S. The van der Waals surface area contributed by atoms with Gasteiger partial charge in [-0.25, -0.2) is 8.42 Å². The minimum atomic E-state index is -3.88. The van der Waals surface area contributed by atoms with E-state index in [9.17, 15) is 13.2 Å². The molecule has 5 rings (SSSR count). The Hall–Kier alpha value is -3.04. The number of aromatic amines is 1. The van der Waals surface area contributed by atoms with Gasteiger partial charge in [0, 0.05) is 36.2 Å². The molecule has 1 aliphatic rings. The summed E-state index contributed by atoms with van der Waals surface area (Å²) in [5, 5.41) is 1.93. The van der Waals surface area contributed by atoms with Crippen LogP contribution in [0.25, 0.3) is 10.9 Å². The van der Waals surface area contributed by atoms with Gasteiger partial charge in [-0.2, -0.15) is 4.31 Å². The molecule has 0 unspecified atom stereocenters. The van der Waals surface area contributed by atoms with E-state index in [1.165, 1.54) is 23.5 Å². The molecule has 0 aliphatic heterocycles. The maximum absolute atomic E-state index is 13.8. The number of aromatic nitrogens is 1. The Bertz CT molecular complexity index is 1580. The van der Waals surface area contributed by atoms with E-state index in [1.54, 1.807) is 29.2 Å². The van der Waals surface area contributed by atoms with Crippen LogP contribution in [0.2, 0.25) is 10.0 Å². The normalized spacial score (nSPS) is 13.6. The van der Waals surface area contributed by atoms with E-state index in [2.05, 4.69) is 4.98 Å². The number of ether oxygens (including phenoxy) is 1. The highest BCUT2D eigenvalue weighted by molar-refractivity contribution is 7.89. The average Bonchev–Trinajstić information content (AvgIpc) is 3.70. The predicted octanol–water partition coefficient (Wildman–Crippen LogP) is 5.91. The second-order valence-corrected chi connectivity index (χ2v) is 12.3. The van der Waals surface area contributed by atoms with Crippen molar-refractivity contribution in [2.24, 2.45) is 0 Å². The summed E-state index contributed by atoms with van der Waals surface area (Å²) < 4.78 is 33.7. The average molecular weight is 587 g/mol. The van der Waals surface area contributed by atoms with Gasteiger partial charge in [0.25, 0.3) is 0 Å². The zero-order valence-electron chi connectivity index (χ0n) is 21.4. The number of fused-ring (bicyclic) bond motifs is 1. The molecule has 1 aliphatic carbocycles. The van der Waals surface area contributed by atoms with Crippen molar-refractivity contribution in [1.29, 1.82) is 0 Å². The Morgan fingerprint density at radius 3 is 2.46 bits per heavy atom. The lowest BCUT2D eigenvalue weighted by molar-refractivity contribution is -0.132. The summed E-state index contributed by atoms with van der Waals surface area (Å²) in [5.74, 6) is 0.290. The van der Waals surface area contributed by atoms with Crippen LogP contribution in [0.5, 0.6) is 5.75 Å². The maximum Gasteiger partial charge on any atom is 0.243 e. The zero-order valence-corrected chi connectivity index (χ0v) is 23.8. The fourth-order valence-electron chi connectivity index (χ4n) is 4.63. The lowest BCUT2D eigenvalue weighted by Gasteiger charge is -2.27. The Morgan fingerprint density at radius 1 is 1.03 bits per heavy atom.